The molecule has 3 aromatic rings. The normalized spacial score (nSPS) is 15.2. The molecule has 0 saturated carbocycles. The van der Waals surface area contributed by atoms with Crippen LogP contribution in [0.5, 0.6) is 0 Å². The van der Waals surface area contributed by atoms with Gasteiger partial charge in [-0.15, -0.1) is 0 Å². The summed E-state index contributed by atoms with van der Waals surface area (Å²) in [5, 5.41) is 3.75. The van der Waals surface area contributed by atoms with Gasteiger partial charge in [-0.25, -0.2) is 4.98 Å². The highest BCUT2D eigenvalue weighted by Gasteiger charge is 2.26. The van der Waals surface area contributed by atoms with Crippen LogP contribution in [0.25, 0.3) is 11.0 Å². The third-order valence-electron chi connectivity index (χ3n) is 5.45. The van der Waals surface area contributed by atoms with Crippen molar-refractivity contribution in [2.24, 2.45) is 0 Å². The van der Waals surface area contributed by atoms with Crippen molar-refractivity contribution in [3.05, 3.63) is 75.5 Å². The van der Waals surface area contributed by atoms with Crippen LogP contribution in [-0.2, 0) is 4.74 Å². The Labute approximate surface area is 195 Å². The Balaban J connectivity index is 1.56. The number of rotatable bonds is 6. The molecule has 1 aliphatic heterocycles. The van der Waals surface area contributed by atoms with Crippen LogP contribution >= 0.6 is 23.2 Å². The molecule has 4 rings (SSSR count). The lowest BCUT2D eigenvalue weighted by Crippen LogP contribution is -2.36. The van der Waals surface area contributed by atoms with Crippen LogP contribution in [-0.4, -0.2) is 53.0 Å². The molecule has 7 nitrogen and oxygen atoms in total. The van der Waals surface area contributed by atoms with Crippen LogP contribution in [0.1, 0.15) is 39.5 Å². The van der Waals surface area contributed by atoms with Crippen LogP contribution in [0, 0.1) is 0 Å². The first-order valence-electron chi connectivity index (χ1n) is 10.1. The number of benzene rings is 2. The number of fused-ring (bicyclic) bond motifs is 1. The molecular formula is C23H22Cl2N4O3. The molecular weight excluding hydrogens is 451 g/mol. The van der Waals surface area contributed by atoms with Crippen LogP contribution in [0.4, 0.5) is 0 Å². The van der Waals surface area contributed by atoms with E-state index in [2.05, 4.69) is 15.3 Å². The van der Waals surface area contributed by atoms with E-state index in [0.29, 0.717) is 40.6 Å². The Kier molecular flexibility index (Phi) is 6.50. The number of imidazole rings is 1. The molecule has 32 heavy (non-hydrogen) atoms. The van der Waals surface area contributed by atoms with Gasteiger partial charge in [-0.1, -0.05) is 35.4 Å². The number of nitrogens with zero attached hydrogens (tertiary/aromatic N) is 2. The summed E-state index contributed by atoms with van der Waals surface area (Å²) in [6, 6.07) is 9.47. The number of carbonyl (C=O) groups excluding carboxylic acids is 2. The maximum Gasteiger partial charge on any atom is 0.255 e. The van der Waals surface area contributed by atoms with Crippen molar-refractivity contribution in [2.45, 2.75) is 19.1 Å². The second kappa shape index (κ2) is 9.32. The van der Waals surface area contributed by atoms with Crippen molar-refractivity contribution < 1.29 is 14.3 Å². The molecule has 9 heteroatoms. The molecule has 2 atom stereocenters. The molecule has 0 saturated heterocycles. The number of aromatic amines is 1. The maximum absolute atomic E-state index is 13.0. The molecule has 0 unspecified atom stereocenters. The second-order valence-electron chi connectivity index (χ2n) is 7.55. The van der Waals surface area contributed by atoms with Gasteiger partial charge in [0.25, 0.3) is 11.8 Å². The summed E-state index contributed by atoms with van der Waals surface area (Å²) >= 11 is 12.4. The Morgan fingerprint density at radius 3 is 2.59 bits per heavy atom. The van der Waals surface area contributed by atoms with E-state index in [1.54, 1.807) is 36.3 Å². The summed E-state index contributed by atoms with van der Waals surface area (Å²) in [6.07, 6.45) is 3.49. The summed E-state index contributed by atoms with van der Waals surface area (Å²) in [7, 11) is 1.56. The van der Waals surface area contributed by atoms with Gasteiger partial charge in [-0.2, -0.15) is 0 Å². The van der Waals surface area contributed by atoms with E-state index in [0.717, 1.165) is 5.52 Å². The predicted molar refractivity (Wildman–Crippen MR) is 124 cm³/mol. The van der Waals surface area contributed by atoms with E-state index < -0.39 is 6.04 Å². The number of carbonyl (C=O) groups is 2. The zero-order valence-electron chi connectivity index (χ0n) is 17.6. The van der Waals surface area contributed by atoms with Crippen molar-refractivity contribution in [3.8, 4) is 0 Å². The van der Waals surface area contributed by atoms with Crippen molar-refractivity contribution in [1.29, 1.82) is 0 Å². The van der Waals surface area contributed by atoms with Crippen LogP contribution in [0.3, 0.4) is 0 Å². The van der Waals surface area contributed by atoms with Crippen molar-refractivity contribution in [1.82, 2.24) is 20.2 Å². The number of hydrogen-bond donors (Lipinski definition) is 2. The van der Waals surface area contributed by atoms with Crippen LogP contribution in [0.15, 0.2) is 48.6 Å². The third-order valence-corrected chi connectivity index (χ3v) is 6.00. The van der Waals surface area contributed by atoms with E-state index in [1.165, 1.54) is 6.07 Å². The van der Waals surface area contributed by atoms with Gasteiger partial charge in [0.15, 0.2) is 0 Å². The fraction of sp³-hybridized carbons (Fsp3) is 0.261. The highest BCUT2D eigenvalue weighted by atomic mass is 35.5. The second-order valence-corrected chi connectivity index (χ2v) is 8.40. The van der Waals surface area contributed by atoms with Crippen molar-refractivity contribution in [2.75, 3.05) is 20.2 Å². The lowest BCUT2D eigenvalue weighted by Gasteiger charge is -2.22. The number of nitrogens with one attached hydrogen (secondary N) is 2. The van der Waals surface area contributed by atoms with E-state index in [1.807, 2.05) is 25.1 Å². The number of halogens is 2. The first-order chi connectivity index (χ1) is 15.4. The van der Waals surface area contributed by atoms with Gasteiger partial charge in [-0.3, -0.25) is 9.59 Å². The average molecular weight is 473 g/mol. The van der Waals surface area contributed by atoms with Gasteiger partial charge in [0.1, 0.15) is 11.9 Å². The Morgan fingerprint density at radius 2 is 1.91 bits per heavy atom. The molecule has 0 bridgehead atoms. The van der Waals surface area contributed by atoms with Crippen molar-refractivity contribution in [3.63, 3.8) is 0 Å². The zero-order chi connectivity index (χ0) is 22.8. The maximum atomic E-state index is 13.0. The quantitative estimate of drug-likeness (QED) is 0.520. The Hall–Kier alpha value is -2.87. The molecule has 166 valence electrons. The monoisotopic (exact) mass is 472 g/mol. The number of ether oxygens (including phenoxy) is 1. The number of H-pyrrole nitrogens is 1. The minimum atomic E-state index is -0.547. The molecule has 2 amide bonds. The smallest absolute Gasteiger partial charge is 0.255 e. The lowest BCUT2D eigenvalue weighted by molar-refractivity contribution is 0.0679. The molecule has 1 aliphatic rings. The Morgan fingerprint density at radius 1 is 1.16 bits per heavy atom. The summed E-state index contributed by atoms with van der Waals surface area (Å²) in [5.74, 6) is 0.0179. The van der Waals surface area contributed by atoms with Gasteiger partial charge >= 0.3 is 0 Å². The third kappa shape index (κ3) is 4.50. The SMILES string of the molecule is CO[C@H](C)[C@H](NC(=O)c1ccc(C(=O)N2CC=CC2)c(Cl)c1)c1nc2cc(Cl)ccc2[nH]1. The molecule has 0 radical (unpaired) electrons. The van der Waals surface area contributed by atoms with Crippen LogP contribution < -0.4 is 5.32 Å². The minimum Gasteiger partial charge on any atom is -0.379 e. The summed E-state index contributed by atoms with van der Waals surface area (Å²) in [5.41, 5.74) is 2.19. The average Bonchev–Trinajstić information content (AvgIpc) is 3.46. The van der Waals surface area contributed by atoms with Gasteiger partial charge in [-0.05, 0) is 43.3 Å². The first kappa shape index (κ1) is 22.3. The number of aromatic nitrogens is 2. The molecule has 2 aromatic carbocycles. The molecule has 2 N–H and O–H groups in total. The Bertz CT molecular complexity index is 1200. The number of hydrogen-bond acceptors (Lipinski definition) is 4. The lowest BCUT2D eigenvalue weighted by atomic mass is 10.1. The highest BCUT2D eigenvalue weighted by molar-refractivity contribution is 6.34. The zero-order valence-corrected chi connectivity index (χ0v) is 19.1. The van der Waals surface area contributed by atoms with Gasteiger partial charge in [0.2, 0.25) is 0 Å². The van der Waals surface area contributed by atoms with Gasteiger partial charge in [0, 0.05) is 30.8 Å². The van der Waals surface area contributed by atoms with E-state index >= 15 is 0 Å². The first-order valence-corrected chi connectivity index (χ1v) is 10.9. The van der Waals surface area contributed by atoms with Crippen molar-refractivity contribution >= 4 is 46.0 Å². The molecule has 0 spiro atoms. The molecule has 2 heterocycles. The summed E-state index contributed by atoms with van der Waals surface area (Å²) in [6.45, 7) is 2.94. The largest absolute Gasteiger partial charge is 0.379 e. The highest BCUT2D eigenvalue weighted by Crippen LogP contribution is 2.25. The van der Waals surface area contributed by atoms with E-state index in [9.17, 15) is 9.59 Å². The van der Waals surface area contributed by atoms with Gasteiger partial charge < -0.3 is 19.9 Å². The topological polar surface area (TPSA) is 87.3 Å². The van der Waals surface area contributed by atoms with Crippen LogP contribution in [0.2, 0.25) is 10.0 Å². The standard InChI is InChI=1S/C23H22Cl2N4O3/c1-13(32-2)20(21-26-18-8-6-15(24)12-19(18)27-21)28-22(30)14-5-7-16(17(25)11-14)23(31)29-9-3-4-10-29/h3-8,11-13,20H,9-10H2,1-2H3,(H,26,27)(H,28,30)/t13-,20+/m1/s1. The van der Waals surface area contributed by atoms with E-state index in [4.69, 9.17) is 27.9 Å². The number of amides is 2. The predicted octanol–water partition coefficient (Wildman–Crippen LogP) is 4.39. The summed E-state index contributed by atoms with van der Waals surface area (Å²) in [4.78, 5) is 35.1. The fourth-order valence-corrected chi connectivity index (χ4v) is 3.99. The van der Waals surface area contributed by atoms with Gasteiger partial charge in [0.05, 0.1) is 27.7 Å². The molecule has 0 fully saturated rings. The minimum absolute atomic E-state index is 0.168. The summed E-state index contributed by atoms with van der Waals surface area (Å²) < 4.78 is 5.47. The number of methoxy groups -OCH3 is 1. The van der Waals surface area contributed by atoms with E-state index in [-0.39, 0.29) is 22.9 Å². The fourth-order valence-electron chi connectivity index (χ4n) is 3.56. The molecule has 0 aliphatic carbocycles. The molecule has 1 aromatic heterocycles.